The summed E-state index contributed by atoms with van der Waals surface area (Å²) >= 11 is 3.49. The minimum Gasteiger partial charge on any atom is -0.340 e. The minimum absolute atomic E-state index is 0.229. The van der Waals surface area contributed by atoms with E-state index in [1.165, 1.54) is 12.0 Å². The zero-order valence-electron chi connectivity index (χ0n) is 14.5. The van der Waals surface area contributed by atoms with Crippen molar-refractivity contribution < 1.29 is 4.79 Å². The molecule has 3 rings (SSSR count). The summed E-state index contributed by atoms with van der Waals surface area (Å²) in [7, 11) is 0. The molecule has 1 aliphatic carbocycles. The molecule has 3 atom stereocenters. The number of nitrogens with two attached hydrogens (primary N) is 1. The number of halogens is 1. The molecule has 1 saturated carbocycles. The van der Waals surface area contributed by atoms with Crippen molar-refractivity contribution in [3.05, 3.63) is 34.3 Å². The lowest BCUT2D eigenvalue weighted by Gasteiger charge is -2.38. The molecule has 2 N–H and O–H groups in total. The molecule has 1 aromatic rings. The molecule has 0 aromatic heterocycles. The van der Waals surface area contributed by atoms with E-state index in [-0.39, 0.29) is 6.04 Å². The van der Waals surface area contributed by atoms with Gasteiger partial charge in [-0.15, -0.1) is 0 Å². The van der Waals surface area contributed by atoms with Gasteiger partial charge in [0.1, 0.15) is 0 Å². The van der Waals surface area contributed by atoms with Crippen LogP contribution >= 0.6 is 15.9 Å². The van der Waals surface area contributed by atoms with Crippen LogP contribution in [0.1, 0.15) is 44.2 Å². The van der Waals surface area contributed by atoms with Crippen molar-refractivity contribution in [2.75, 3.05) is 26.2 Å². The largest absolute Gasteiger partial charge is 0.340 e. The first-order valence-electron chi connectivity index (χ1n) is 9.07. The number of piperazine rings is 1. The van der Waals surface area contributed by atoms with Crippen LogP contribution in [0.15, 0.2) is 28.7 Å². The van der Waals surface area contributed by atoms with Gasteiger partial charge in [0.25, 0.3) is 0 Å². The van der Waals surface area contributed by atoms with Gasteiger partial charge in [-0.05, 0) is 43.4 Å². The Bertz CT molecular complexity index is 554. The second-order valence-corrected chi connectivity index (χ2v) is 8.12. The van der Waals surface area contributed by atoms with Crippen LogP contribution in [0, 0.1) is 5.92 Å². The highest BCUT2D eigenvalue weighted by Crippen LogP contribution is 2.28. The summed E-state index contributed by atoms with van der Waals surface area (Å²) in [6.07, 6.45) is 4.02. The highest BCUT2D eigenvalue weighted by molar-refractivity contribution is 9.10. The normalized spacial score (nSPS) is 26.5. The summed E-state index contributed by atoms with van der Waals surface area (Å²) in [4.78, 5) is 17.0. The predicted octanol–water partition coefficient (Wildman–Crippen LogP) is 3.17. The van der Waals surface area contributed by atoms with E-state index in [0.717, 1.165) is 43.5 Å². The molecule has 0 bridgehead atoms. The Morgan fingerprint density at radius 3 is 2.46 bits per heavy atom. The number of benzene rings is 1. The molecule has 0 spiro atoms. The predicted molar refractivity (Wildman–Crippen MR) is 101 cm³/mol. The van der Waals surface area contributed by atoms with Crippen LogP contribution in [0.4, 0.5) is 0 Å². The Hall–Kier alpha value is -0.910. The number of hydrogen-bond acceptors (Lipinski definition) is 3. The number of rotatable bonds is 4. The standard InChI is InChI=1S/C19H28BrN3O/c1-14(15-5-7-17(20)8-6-15)22-9-11-23(12-10-22)19(24)13-16-3-2-4-18(16)21/h5-8,14,16,18H,2-4,9-13,21H2,1H3/t14?,16-,18+/m0/s1. The molecular formula is C19H28BrN3O. The van der Waals surface area contributed by atoms with Gasteiger partial charge in [-0.3, -0.25) is 9.69 Å². The second kappa shape index (κ2) is 7.98. The molecule has 1 aliphatic heterocycles. The quantitative estimate of drug-likeness (QED) is 0.854. The van der Waals surface area contributed by atoms with Crippen molar-refractivity contribution in [2.45, 2.75) is 44.7 Å². The first-order valence-corrected chi connectivity index (χ1v) is 9.87. The van der Waals surface area contributed by atoms with Crippen molar-refractivity contribution >= 4 is 21.8 Å². The van der Waals surface area contributed by atoms with E-state index in [2.05, 4.69) is 52.0 Å². The Labute approximate surface area is 153 Å². The van der Waals surface area contributed by atoms with Gasteiger partial charge in [0.05, 0.1) is 0 Å². The van der Waals surface area contributed by atoms with Crippen molar-refractivity contribution in [2.24, 2.45) is 11.7 Å². The SMILES string of the molecule is CC(c1ccc(Br)cc1)N1CCN(C(=O)C[C@@H]2CCC[C@H]2N)CC1. The lowest BCUT2D eigenvalue weighted by atomic mass is 9.99. The van der Waals surface area contributed by atoms with Gasteiger partial charge in [0.2, 0.25) is 5.91 Å². The maximum atomic E-state index is 12.5. The lowest BCUT2D eigenvalue weighted by molar-refractivity contribution is -0.134. The summed E-state index contributed by atoms with van der Waals surface area (Å²) in [6.45, 7) is 5.81. The van der Waals surface area contributed by atoms with Crippen LogP contribution in [0.5, 0.6) is 0 Å². The zero-order valence-corrected chi connectivity index (χ0v) is 16.0. The number of nitrogens with zero attached hydrogens (tertiary/aromatic N) is 2. The van der Waals surface area contributed by atoms with Crippen molar-refractivity contribution in [1.29, 1.82) is 0 Å². The van der Waals surface area contributed by atoms with Gasteiger partial charge in [-0.25, -0.2) is 0 Å². The number of amides is 1. The van der Waals surface area contributed by atoms with E-state index in [4.69, 9.17) is 5.73 Å². The van der Waals surface area contributed by atoms with Crippen LogP contribution in [-0.2, 0) is 4.79 Å². The fraction of sp³-hybridized carbons (Fsp3) is 0.632. The molecule has 2 fully saturated rings. The van der Waals surface area contributed by atoms with E-state index in [1.807, 2.05) is 4.90 Å². The lowest BCUT2D eigenvalue weighted by Crippen LogP contribution is -2.49. The summed E-state index contributed by atoms with van der Waals surface area (Å²) in [5.41, 5.74) is 7.44. The maximum absolute atomic E-state index is 12.5. The molecule has 1 saturated heterocycles. The molecular weight excluding hydrogens is 366 g/mol. The topological polar surface area (TPSA) is 49.6 Å². The summed E-state index contributed by atoms with van der Waals surface area (Å²) < 4.78 is 1.11. The maximum Gasteiger partial charge on any atom is 0.222 e. The van der Waals surface area contributed by atoms with Gasteiger partial charge < -0.3 is 10.6 Å². The van der Waals surface area contributed by atoms with Gasteiger partial charge in [0.15, 0.2) is 0 Å². The van der Waals surface area contributed by atoms with Gasteiger partial charge >= 0.3 is 0 Å². The fourth-order valence-corrected chi connectivity index (χ4v) is 4.25. The summed E-state index contributed by atoms with van der Waals surface area (Å²) in [6, 6.07) is 9.15. The van der Waals surface area contributed by atoms with Crippen molar-refractivity contribution in [3.8, 4) is 0 Å². The molecule has 24 heavy (non-hydrogen) atoms. The van der Waals surface area contributed by atoms with Crippen LogP contribution in [0.3, 0.4) is 0 Å². The fourth-order valence-electron chi connectivity index (χ4n) is 3.98. The molecule has 132 valence electrons. The van der Waals surface area contributed by atoms with E-state index in [9.17, 15) is 4.79 Å². The van der Waals surface area contributed by atoms with E-state index < -0.39 is 0 Å². The van der Waals surface area contributed by atoms with E-state index in [1.54, 1.807) is 0 Å². The molecule has 1 aromatic carbocycles. The number of hydrogen-bond donors (Lipinski definition) is 1. The minimum atomic E-state index is 0.229. The smallest absolute Gasteiger partial charge is 0.222 e. The van der Waals surface area contributed by atoms with Crippen LogP contribution in [0.25, 0.3) is 0 Å². The number of carbonyl (C=O) groups is 1. The second-order valence-electron chi connectivity index (χ2n) is 7.20. The summed E-state index contributed by atoms with van der Waals surface area (Å²) in [5.74, 6) is 0.700. The average Bonchev–Trinajstić information content (AvgIpc) is 3.00. The molecule has 1 amide bonds. The molecule has 0 radical (unpaired) electrons. The highest BCUT2D eigenvalue weighted by atomic mass is 79.9. The number of carbonyl (C=O) groups excluding carboxylic acids is 1. The van der Waals surface area contributed by atoms with Gasteiger partial charge in [0, 0.05) is 49.2 Å². The third-order valence-corrected chi connectivity index (χ3v) is 6.25. The molecule has 2 aliphatic rings. The third-order valence-electron chi connectivity index (χ3n) is 5.72. The molecule has 1 heterocycles. The van der Waals surface area contributed by atoms with Crippen LogP contribution in [0.2, 0.25) is 0 Å². The third kappa shape index (κ3) is 4.19. The van der Waals surface area contributed by atoms with Gasteiger partial charge in [-0.2, -0.15) is 0 Å². The van der Waals surface area contributed by atoms with E-state index >= 15 is 0 Å². The first-order chi connectivity index (χ1) is 11.5. The van der Waals surface area contributed by atoms with Crippen molar-refractivity contribution in [3.63, 3.8) is 0 Å². The molecule has 5 heteroatoms. The molecule has 4 nitrogen and oxygen atoms in total. The Kier molecular flexibility index (Phi) is 5.95. The van der Waals surface area contributed by atoms with E-state index in [0.29, 0.717) is 24.3 Å². The van der Waals surface area contributed by atoms with Crippen LogP contribution < -0.4 is 5.73 Å². The first kappa shape index (κ1) is 17.9. The Balaban J connectivity index is 1.49. The average molecular weight is 394 g/mol. The summed E-state index contributed by atoms with van der Waals surface area (Å²) in [5, 5.41) is 0. The van der Waals surface area contributed by atoms with Crippen molar-refractivity contribution in [1.82, 2.24) is 9.80 Å². The monoisotopic (exact) mass is 393 g/mol. The zero-order chi connectivity index (χ0) is 17.1. The highest BCUT2D eigenvalue weighted by Gasteiger charge is 2.30. The van der Waals surface area contributed by atoms with Crippen LogP contribution in [-0.4, -0.2) is 47.9 Å². The Morgan fingerprint density at radius 2 is 1.88 bits per heavy atom. The Morgan fingerprint density at radius 1 is 1.21 bits per heavy atom. The molecule has 1 unspecified atom stereocenters. The van der Waals surface area contributed by atoms with Gasteiger partial charge in [-0.1, -0.05) is 34.5 Å².